The van der Waals surface area contributed by atoms with Gasteiger partial charge in [0.2, 0.25) is 0 Å². The predicted octanol–water partition coefficient (Wildman–Crippen LogP) is 3.28. The van der Waals surface area contributed by atoms with E-state index in [0.717, 1.165) is 27.8 Å². The van der Waals surface area contributed by atoms with E-state index in [1.807, 2.05) is 36.1 Å². The van der Waals surface area contributed by atoms with Gasteiger partial charge in [0.1, 0.15) is 5.75 Å². The average Bonchev–Trinajstić information content (AvgIpc) is 2.91. The van der Waals surface area contributed by atoms with Crippen molar-refractivity contribution in [3.8, 4) is 17.0 Å². The summed E-state index contributed by atoms with van der Waals surface area (Å²) in [5.74, 6) is 1.16. The molecule has 5 nitrogen and oxygen atoms in total. The summed E-state index contributed by atoms with van der Waals surface area (Å²) in [6.07, 6.45) is 1.82. The topological polar surface area (TPSA) is 45.5 Å². The standard InChI is InChI=1S/C20H22N2O3/c1-22-19(8-9-21-22)17-6-7-20(18-5-3-2-4-16(17)18)25-14-15-12-23-10-11-24-13-15/h2-9,15H,10-14H2,1H3. The van der Waals surface area contributed by atoms with Gasteiger partial charge in [0, 0.05) is 30.1 Å². The molecule has 1 aromatic heterocycles. The number of ether oxygens (including phenoxy) is 3. The average molecular weight is 338 g/mol. The van der Waals surface area contributed by atoms with Gasteiger partial charge in [-0.1, -0.05) is 24.3 Å². The molecule has 4 rings (SSSR count). The molecule has 1 fully saturated rings. The van der Waals surface area contributed by atoms with Crippen LogP contribution in [0.4, 0.5) is 0 Å². The van der Waals surface area contributed by atoms with Crippen molar-refractivity contribution in [3.05, 3.63) is 48.7 Å². The number of nitrogens with zero attached hydrogens (tertiary/aromatic N) is 2. The SMILES string of the molecule is Cn1nccc1-c1ccc(OCC2COCCOC2)c2ccccc12. The first-order chi connectivity index (χ1) is 12.3. The molecule has 3 aromatic rings. The molecule has 2 heterocycles. The maximum atomic E-state index is 6.13. The lowest BCUT2D eigenvalue weighted by Crippen LogP contribution is -2.20. The van der Waals surface area contributed by atoms with E-state index in [0.29, 0.717) is 33.0 Å². The number of rotatable bonds is 4. The second kappa shape index (κ2) is 7.25. The summed E-state index contributed by atoms with van der Waals surface area (Å²) in [4.78, 5) is 0. The number of fused-ring (bicyclic) bond motifs is 1. The van der Waals surface area contributed by atoms with Crippen molar-refractivity contribution in [2.75, 3.05) is 33.0 Å². The number of aryl methyl sites for hydroxylation is 1. The first-order valence-electron chi connectivity index (χ1n) is 8.61. The zero-order chi connectivity index (χ0) is 17.1. The highest BCUT2D eigenvalue weighted by molar-refractivity contribution is 5.99. The van der Waals surface area contributed by atoms with Crippen molar-refractivity contribution in [2.45, 2.75) is 0 Å². The third-order valence-corrected chi connectivity index (χ3v) is 4.53. The van der Waals surface area contributed by atoms with Gasteiger partial charge in [-0.25, -0.2) is 0 Å². The van der Waals surface area contributed by atoms with Crippen LogP contribution in [0.1, 0.15) is 0 Å². The van der Waals surface area contributed by atoms with Gasteiger partial charge >= 0.3 is 0 Å². The van der Waals surface area contributed by atoms with Crippen molar-refractivity contribution in [2.24, 2.45) is 13.0 Å². The van der Waals surface area contributed by atoms with Crippen LogP contribution in [0, 0.1) is 5.92 Å². The highest BCUT2D eigenvalue weighted by Gasteiger charge is 2.16. The van der Waals surface area contributed by atoms with Crippen molar-refractivity contribution in [1.29, 1.82) is 0 Å². The minimum atomic E-state index is 0.262. The zero-order valence-electron chi connectivity index (χ0n) is 14.4. The molecule has 130 valence electrons. The molecule has 1 aliphatic heterocycles. The van der Waals surface area contributed by atoms with Crippen LogP contribution in [-0.2, 0) is 16.5 Å². The van der Waals surface area contributed by atoms with Crippen LogP contribution >= 0.6 is 0 Å². The normalized spacial score (nSPS) is 16.0. The third-order valence-electron chi connectivity index (χ3n) is 4.53. The Bertz CT molecular complexity index is 851. The molecule has 1 saturated heterocycles. The molecule has 0 bridgehead atoms. The van der Waals surface area contributed by atoms with Gasteiger partial charge in [-0.3, -0.25) is 4.68 Å². The first kappa shape index (κ1) is 16.1. The molecule has 2 aromatic carbocycles. The molecular weight excluding hydrogens is 316 g/mol. The summed E-state index contributed by atoms with van der Waals surface area (Å²) in [6, 6.07) is 14.5. The van der Waals surface area contributed by atoms with Gasteiger partial charge in [0.05, 0.1) is 38.7 Å². The highest BCUT2D eigenvalue weighted by Crippen LogP contribution is 2.34. The van der Waals surface area contributed by atoms with Gasteiger partial charge in [-0.05, 0) is 23.6 Å². The first-order valence-corrected chi connectivity index (χ1v) is 8.61. The largest absolute Gasteiger partial charge is 0.492 e. The Kier molecular flexibility index (Phi) is 4.68. The van der Waals surface area contributed by atoms with E-state index < -0.39 is 0 Å². The molecular formula is C20H22N2O3. The molecule has 0 aliphatic carbocycles. The molecule has 5 heteroatoms. The summed E-state index contributed by atoms with van der Waals surface area (Å²) in [5.41, 5.74) is 2.25. The molecule has 0 unspecified atom stereocenters. The molecule has 0 amide bonds. The molecule has 1 aliphatic rings. The summed E-state index contributed by atoms with van der Waals surface area (Å²) < 4.78 is 19.1. The monoisotopic (exact) mass is 338 g/mol. The van der Waals surface area contributed by atoms with E-state index in [9.17, 15) is 0 Å². The van der Waals surface area contributed by atoms with Crippen LogP contribution in [0.5, 0.6) is 5.75 Å². The second-order valence-corrected chi connectivity index (χ2v) is 6.32. The van der Waals surface area contributed by atoms with Crippen LogP contribution < -0.4 is 4.74 Å². The van der Waals surface area contributed by atoms with Crippen LogP contribution in [0.15, 0.2) is 48.7 Å². The lowest BCUT2D eigenvalue weighted by Gasteiger charge is -2.17. The molecule has 0 N–H and O–H groups in total. The Balaban J connectivity index is 1.63. The van der Waals surface area contributed by atoms with Gasteiger partial charge in [-0.15, -0.1) is 0 Å². The van der Waals surface area contributed by atoms with Gasteiger partial charge in [-0.2, -0.15) is 5.10 Å². The van der Waals surface area contributed by atoms with Gasteiger partial charge in [0.15, 0.2) is 0 Å². The van der Waals surface area contributed by atoms with Crippen LogP contribution in [0.3, 0.4) is 0 Å². The smallest absolute Gasteiger partial charge is 0.127 e. The summed E-state index contributed by atoms with van der Waals surface area (Å²) in [5, 5.41) is 6.56. The zero-order valence-corrected chi connectivity index (χ0v) is 14.4. The number of aromatic nitrogens is 2. The fraction of sp³-hybridized carbons (Fsp3) is 0.350. The van der Waals surface area contributed by atoms with Crippen LogP contribution in [0.25, 0.3) is 22.0 Å². The fourth-order valence-electron chi connectivity index (χ4n) is 3.23. The third kappa shape index (κ3) is 3.38. The number of hydrogen-bond acceptors (Lipinski definition) is 4. The van der Waals surface area contributed by atoms with Crippen molar-refractivity contribution in [1.82, 2.24) is 9.78 Å². The Morgan fingerprint density at radius 3 is 2.52 bits per heavy atom. The highest BCUT2D eigenvalue weighted by atomic mass is 16.5. The minimum absolute atomic E-state index is 0.262. The lowest BCUT2D eigenvalue weighted by atomic mass is 10.0. The van der Waals surface area contributed by atoms with Crippen LogP contribution in [0.2, 0.25) is 0 Å². The summed E-state index contributed by atoms with van der Waals surface area (Å²) >= 11 is 0. The van der Waals surface area contributed by atoms with Crippen molar-refractivity contribution >= 4 is 10.8 Å². The summed E-state index contributed by atoms with van der Waals surface area (Å²) in [7, 11) is 1.96. The second-order valence-electron chi connectivity index (χ2n) is 6.32. The Morgan fingerprint density at radius 2 is 1.80 bits per heavy atom. The van der Waals surface area contributed by atoms with Crippen molar-refractivity contribution < 1.29 is 14.2 Å². The lowest BCUT2D eigenvalue weighted by molar-refractivity contribution is 0.101. The Labute approximate surface area is 147 Å². The van der Waals surface area contributed by atoms with E-state index in [4.69, 9.17) is 14.2 Å². The Hall–Kier alpha value is -2.37. The van der Waals surface area contributed by atoms with E-state index in [-0.39, 0.29) is 5.92 Å². The Morgan fingerprint density at radius 1 is 1.04 bits per heavy atom. The maximum absolute atomic E-state index is 6.13. The quantitative estimate of drug-likeness (QED) is 0.732. The number of hydrogen-bond donors (Lipinski definition) is 0. The van der Waals surface area contributed by atoms with Gasteiger partial charge in [0.25, 0.3) is 0 Å². The van der Waals surface area contributed by atoms with E-state index in [1.165, 1.54) is 0 Å². The molecule has 0 saturated carbocycles. The number of benzene rings is 2. The molecule has 0 atom stereocenters. The molecule has 25 heavy (non-hydrogen) atoms. The van der Waals surface area contributed by atoms with E-state index >= 15 is 0 Å². The van der Waals surface area contributed by atoms with Crippen LogP contribution in [-0.4, -0.2) is 42.8 Å². The summed E-state index contributed by atoms with van der Waals surface area (Å²) in [6.45, 7) is 3.29. The fourth-order valence-corrected chi connectivity index (χ4v) is 3.23. The van der Waals surface area contributed by atoms with E-state index in [2.05, 4.69) is 29.4 Å². The molecule has 0 spiro atoms. The molecule has 0 radical (unpaired) electrons. The minimum Gasteiger partial charge on any atom is -0.492 e. The maximum Gasteiger partial charge on any atom is 0.127 e. The van der Waals surface area contributed by atoms with Gasteiger partial charge < -0.3 is 14.2 Å². The predicted molar refractivity (Wildman–Crippen MR) is 96.8 cm³/mol. The van der Waals surface area contributed by atoms with E-state index in [1.54, 1.807) is 0 Å². The van der Waals surface area contributed by atoms with Crippen molar-refractivity contribution in [3.63, 3.8) is 0 Å².